The summed E-state index contributed by atoms with van der Waals surface area (Å²) in [5.41, 5.74) is 2.71. The number of fused-ring (bicyclic) bond motifs is 1. The zero-order valence-electron chi connectivity index (χ0n) is 15.9. The van der Waals surface area contributed by atoms with Crippen LogP contribution in [-0.2, 0) is 11.2 Å². The van der Waals surface area contributed by atoms with E-state index in [4.69, 9.17) is 9.73 Å². The molecule has 1 aliphatic heterocycles. The normalized spacial score (nSPS) is 18.8. The Morgan fingerprint density at radius 2 is 1.93 bits per heavy atom. The van der Waals surface area contributed by atoms with Crippen molar-refractivity contribution in [2.75, 3.05) is 0 Å². The summed E-state index contributed by atoms with van der Waals surface area (Å²) in [6.45, 7) is 5.91. The van der Waals surface area contributed by atoms with Crippen molar-refractivity contribution in [3.8, 4) is 0 Å². The maximum absolute atomic E-state index is 14.3. The molecule has 138 valence electrons. The molecule has 0 bridgehead atoms. The summed E-state index contributed by atoms with van der Waals surface area (Å²) >= 11 is 0. The van der Waals surface area contributed by atoms with Gasteiger partial charge >= 0.3 is 0 Å². The van der Waals surface area contributed by atoms with Gasteiger partial charge in [0, 0.05) is 18.0 Å². The van der Waals surface area contributed by atoms with Gasteiger partial charge in [-0.2, -0.15) is 0 Å². The SMILES string of the molecule is Cc1ccc2cc(C3=NC(Cc4ccccc4)CC(C)(C)O3)cnc2c1F. The van der Waals surface area contributed by atoms with Crippen molar-refractivity contribution in [2.45, 2.75) is 45.3 Å². The van der Waals surface area contributed by atoms with E-state index in [1.165, 1.54) is 5.56 Å². The Labute approximate surface area is 158 Å². The molecule has 0 amide bonds. The van der Waals surface area contributed by atoms with E-state index in [-0.39, 0.29) is 17.5 Å². The minimum atomic E-state index is -0.315. The molecule has 1 unspecified atom stereocenters. The number of hydrogen-bond donors (Lipinski definition) is 0. The number of aliphatic imine (C=N–C) groups is 1. The van der Waals surface area contributed by atoms with Gasteiger partial charge < -0.3 is 4.74 Å². The maximum atomic E-state index is 14.3. The molecule has 27 heavy (non-hydrogen) atoms. The lowest BCUT2D eigenvalue weighted by atomic mass is 9.93. The molecule has 0 radical (unpaired) electrons. The predicted octanol–water partition coefficient (Wildman–Crippen LogP) is 5.24. The molecule has 0 fully saturated rings. The van der Waals surface area contributed by atoms with Crippen LogP contribution in [0.25, 0.3) is 10.9 Å². The topological polar surface area (TPSA) is 34.5 Å². The molecule has 3 nitrogen and oxygen atoms in total. The first-order valence-corrected chi connectivity index (χ1v) is 9.27. The third kappa shape index (κ3) is 3.70. The van der Waals surface area contributed by atoms with E-state index in [1.807, 2.05) is 30.3 Å². The Morgan fingerprint density at radius 1 is 1.15 bits per heavy atom. The quantitative estimate of drug-likeness (QED) is 0.639. The van der Waals surface area contributed by atoms with Gasteiger partial charge in [0.1, 0.15) is 11.1 Å². The van der Waals surface area contributed by atoms with Gasteiger partial charge in [-0.25, -0.2) is 9.38 Å². The van der Waals surface area contributed by atoms with Crippen LogP contribution >= 0.6 is 0 Å². The van der Waals surface area contributed by atoms with E-state index in [0.717, 1.165) is 23.8 Å². The molecule has 3 aromatic rings. The Hall–Kier alpha value is -2.75. The highest BCUT2D eigenvalue weighted by Crippen LogP contribution is 2.29. The van der Waals surface area contributed by atoms with Crippen LogP contribution in [-0.4, -0.2) is 22.5 Å². The lowest BCUT2D eigenvalue weighted by Gasteiger charge is -2.34. The van der Waals surface area contributed by atoms with Crippen LogP contribution in [0, 0.1) is 12.7 Å². The molecule has 0 saturated heterocycles. The van der Waals surface area contributed by atoms with Crippen molar-refractivity contribution < 1.29 is 9.13 Å². The average Bonchev–Trinajstić information content (AvgIpc) is 2.64. The van der Waals surface area contributed by atoms with E-state index >= 15 is 0 Å². The molecule has 0 aliphatic carbocycles. The summed E-state index contributed by atoms with van der Waals surface area (Å²) in [5, 5.41) is 0.755. The van der Waals surface area contributed by atoms with Gasteiger partial charge in [-0.05, 0) is 44.4 Å². The molecule has 0 saturated carbocycles. The van der Waals surface area contributed by atoms with Crippen molar-refractivity contribution >= 4 is 16.8 Å². The molecule has 0 spiro atoms. The minimum Gasteiger partial charge on any atom is -0.471 e. The van der Waals surface area contributed by atoms with Crippen LogP contribution in [0.3, 0.4) is 0 Å². The Kier molecular flexibility index (Phi) is 4.42. The Morgan fingerprint density at radius 3 is 2.70 bits per heavy atom. The molecule has 2 aromatic carbocycles. The van der Waals surface area contributed by atoms with E-state index in [2.05, 4.69) is 31.0 Å². The molecule has 1 aliphatic rings. The average molecular weight is 362 g/mol. The summed E-state index contributed by atoms with van der Waals surface area (Å²) in [5.74, 6) is 0.315. The third-order valence-electron chi connectivity index (χ3n) is 4.95. The minimum absolute atomic E-state index is 0.136. The molecule has 0 N–H and O–H groups in total. The highest BCUT2D eigenvalue weighted by atomic mass is 19.1. The van der Waals surface area contributed by atoms with E-state index in [9.17, 15) is 4.39 Å². The highest BCUT2D eigenvalue weighted by molar-refractivity contribution is 5.98. The van der Waals surface area contributed by atoms with Crippen molar-refractivity contribution in [3.63, 3.8) is 0 Å². The van der Waals surface area contributed by atoms with Gasteiger partial charge in [-0.15, -0.1) is 0 Å². The van der Waals surface area contributed by atoms with Crippen LogP contribution < -0.4 is 0 Å². The number of aryl methyl sites for hydroxylation is 1. The fourth-order valence-electron chi connectivity index (χ4n) is 3.63. The van der Waals surface area contributed by atoms with Crippen LogP contribution in [0.15, 0.2) is 59.7 Å². The van der Waals surface area contributed by atoms with Gasteiger partial charge in [0.15, 0.2) is 5.82 Å². The zero-order valence-corrected chi connectivity index (χ0v) is 15.9. The van der Waals surface area contributed by atoms with Crippen molar-refractivity contribution in [1.82, 2.24) is 4.98 Å². The largest absolute Gasteiger partial charge is 0.471 e. The van der Waals surface area contributed by atoms with Gasteiger partial charge in [0.2, 0.25) is 5.90 Å². The molecule has 1 aromatic heterocycles. The number of rotatable bonds is 3. The number of benzene rings is 2. The molecule has 4 heteroatoms. The zero-order chi connectivity index (χ0) is 19.0. The Bertz CT molecular complexity index is 1010. The first-order valence-electron chi connectivity index (χ1n) is 9.27. The van der Waals surface area contributed by atoms with Crippen LogP contribution in [0.1, 0.15) is 37.0 Å². The first-order chi connectivity index (χ1) is 12.9. The molecular formula is C23H23FN2O. The van der Waals surface area contributed by atoms with Crippen molar-refractivity contribution in [1.29, 1.82) is 0 Å². The highest BCUT2D eigenvalue weighted by Gasteiger charge is 2.32. The van der Waals surface area contributed by atoms with Crippen LogP contribution in [0.2, 0.25) is 0 Å². The third-order valence-corrected chi connectivity index (χ3v) is 4.95. The molecule has 2 heterocycles. The number of hydrogen-bond acceptors (Lipinski definition) is 3. The van der Waals surface area contributed by atoms with E-state index in [0.29, 0.717) is 17.0 Å². The van der Waals surface area contributed by atoms with Gasteiger partial charge in [-0.1, -0.05) is 42.5 Å². The van der Waals surface area contributed by atoms with Gasteiger partial charge in [0.05, 0.1) is 11.6 Å². The summed E-state index contributed by atoms with van der Waals surface area (Å²) in [4.78, 5) is 9.19. The second-order valence-corrected chi connectivity index (χ2v) is 7.84. The van der Waals surface area contributed by atoms with Crippen molar-refractivity contribution in [3.05, 3.63) is 77.2 Å². The Balaban J connectivity index is 1.70. The number of ether oxygens (including phenoxy) is 1. The van der Waals surface area contributed by atoms with Crippen LogP contribution in [0.4, 0.5) is 4.39 Å². The fourth-order valence-corrected chi connectivity index (χ4v) is 3.63. The summed E-state index contributed by atoms with van der Waals surface area (Å²) < 4.78 is 20.4. The fraction of sp³-hybridized carbons (Fsp3) is 0.304. The number of aromatic nitrogens is 1. The van der Waals surface area contributed by atoms with Gasteiger partial charge in [0.25, 0.3) is 0 Å². The number of pyridine rings is 1. The standard InChI is InChI=1S/C23H23FN2O/c1-15-9-10-17-12-18(14-25-21(17)20(15)24)22-26-19(13-23(2,3)27-22)11-16-7-5-4-6-8-16/h4-10,12,14,19H,11,13H2,1-3H3. The lowest BCUT2D eigenvalue weighted by Crippen LogP contribution is -2.38. The summed E-state index contributed by atoms with van der Waals surface area (Å²) in [7, 11) is 0. The molecular weight excluding hydrogens is 339 g/mol. The second kappa shape index (κ2) is 6.76. The van der Waals surface area contributed by atoms with Gasteiger partial charge in [-0.3, -0.25) is 4.98 Å². The first kappa shape index (κ1) is 17.7. The smallest absolute Gasteiger partial charge is 0.218 e. The monoisotopic (exact) mass is 362 g/mol. The summed E-state index contributed by atoms with van der Waals surface area (Å²) in [6.07, 6.45) is 3.37. The van der Waals surface area contributed by atoms with E-state index < -0.39 is 0 Å². The van der Waals surface area contributed by atoms with E-state index in [1.54, 1.807) is 19.2 Å². The second-order valence-electron chi connectivity index (χ2n) is 7.84. The molecule has 1 atom stereocenters. The number of nitrogens with zero attached hydrogens (tertiary/aromatic N) is 2. The van der Waals surface area contributed by atoms with Crippen molar-refractivity contribution in [2.24, 2.45) is 4.99 Å². The summed E-state index contributed by atoms with van der Waals surface area (Å²) in [6, 6.07) is 16.1. The number of halogens is 1. The molecule has 4 rings (SSSR count). The maximum Gasteiger partial charge on any atom is 0.218 e. The predicted molar refractivity (Wildman–Crippen MR) is 107 cm³/mol. The lowest BCUT2D eigenvalue weighted by molar-refractivity contribution is 0.0634. The van der Waals surface area contributed by atoms with Crippen LogP contribution in [0.5, 0.6) is 0 Å².